The van der Waals surface area contributed by atoms with Crippen LogP contribution < -0.4 is 0 Å². The van der Waals surface area contributed by atoms with Crippen molar-refractivity contribution in [2.24, 2.45) is 5.92 Å². The van der Waals surface area contributed by atoms with Gasteiger partial charge >= 0.3 is 0 Å². The molecule has 4 nitrogen and oxygen atoms in total. The minimum absolute atomic E-state index is 0.0479. The zero-order valence-corrected chi connectivity index (χ0v) is 10.9. The third-order valence-corrected chi connectivity index (χ3v) is 4.02. The van der Waals surface area contributed by atoms with Gasteiger partial charge in [0.25, 0.3) is 5.91 Å². The number of alkyl halides is 1. The first-order valence-corrected chi connectivity index (χ1v) is 6.61. The van der Waals surface area contributed by atoms with Crippen molar-refractivity contribution in [2.45, 2.75) is 19.8 Å². The Morgan fingerprint density at radius 1 is 1.62 bits per heavy atom. The largest absolute Gasteiger partial charge is 0.361 e. The van der Waals surface area contributed by atoms with Crippen molar-refractivity contribution >= 4 is 21.8 Å². The van der Waals surface area contributed by atoms with Gasteiger partial charge in [0.2, 0.25) is 0 Å². The Morgan fingerprint density at radius 3 is 2.81 bits per heavy atom. The van der Waals surface area contributed by atoms with Gasteiger partial charge in [0.1, 0.15) is 11.3 Å². The molecule has 0 aromatic carbocycles. The maximum absolute atomic E-state index is 12.1. The first-order valence-electron chi connectivity index (χ1n) is 5.49. The van der Waals surface area contributed by atoms with Crippen molar-refractivity contribution in [3.63, 3.8) is 0 Å². The summed E-state index contributed by atoms with van der Waals surface area (Å²) in [6.07, 6.45) is 3.65. The van der Waals surface area contributed by atoms with E-state index < -0.39 is 0 Å². The molecule has 1 aromatic heterocycles. The lowest BCUT2D eigenvalue weighted by molar-refractivity contribution is 0.0697. The molecule has 0 N–H and O–H groups in total. The third-order valence-electron chi connectivity index (χ3n) is 3.10. The van der Waals surface area contributed by atoms with E-state index in [4.69, 9.17) is 4.52 Å². The van der Waals surface area contributed by atoms with Crippen molar-refractivity contribution in [3.05, 3.63) is 17.5 Å². The average molecular weight is 287 g/mol. The molecule has 1 fully saturated rings. The molecule has 2 heterocycles. The number of halogens is 1. The van der Waals surface area contributed by atoms with E-state index in [1.54, 1.807) is 6.92 Å². The predicted molar refractivity (Wildman–Crippen MR) is 63.7 cm³/mol. The Balaban J connectivity index is 2.00. The Hall–Kier alpha value is -0.840. The van der Waals surface area contributed by atoms with Gasteiger partial charge in [0.15, 0.2) is 0 Å². The molecule has 0 bridgehead atoms. The molecule has 0 atom stereocenters. The Labute approximate surface area is 103 Å². The van der Waals surface area contributed by atoms with Crippen molar-refractivity contribution in [2.75, 3.05) is 18.4 Å². The highest BCUT2D eigenvalue weighted by Gasteiger charge is 2.25. The molecular weight excluding hydrogens is 272 g/mol. The number of rotatable bonds is 2. The van der Waals surface area contributed by atoms with Crippen LogP contribution in [0.15, 0.2) is 10.7 Å². The molecule has 0 unspecified atom stereocenters. The van der Waals surface area contributed by atoms with Crippen molar-refractivity contribution < 1.29 is 9.32 Å². The molecule has 1 amide bonds. The van der Waals surface area contributed by atoms with Crippen LogP contribution in [0.4, 0.5) is 0 Å². The highest BCUT2D eigenvalue weighted by Crippen LogP contribution is 2.21. The number of likely N-dealkylation sites (tertiary alicyclic amines) is 1. The molecule has 1 aliphatic rings. The third kappa shape index (κ3) is 2.29. The predicted octanol–water partition coefficient (Wildman–Crippen LogP) is 2.23. The van der Waals surface area contributed by atoms with E-state index >= 15 is 0 Å². The maximum atomic E-state index is 12.1. The van der Waals surface area contributed by atoms with Crippen LogP contribution in [0.3, 0.4) is 0 Å². The quantitative estimate of drug-likeness (QED) is 0.784. The number of hydrogen-bond acceptors (Lipinski definition) is 3. The fourth-order valence-corrected chi connectivity index (χ4v) is 2.61. The molecule has 5 heteroatoms. The molecule has 88 valence electrons. The van der Waals surface area contributed by atoms with Crippen molar-refractivity contribution in [3.8, 4) is 0 Å². The van der Waals surface area contributed by atoms with E-state index in [1.165, 1.54) is 6.20 Å². The van der Waals surface area contributed by atoms with Crippen LogP contribution >= 0.6 is 15.9 Å². The zero-order valence-electron chi connectivity index (χ0n) is 9.28. The van der Waals surface area contributed by atoms with Crippen molar-refractivity contribution in [1.29, 1.82) is 0 Å². The molecule has 1 aliphatic heterocycles. The van der Waals surface area contributed by atoms with Gasteiger partial charge in [0.05, 0.1) is 6.20 Å². The van der Waals surface area contributed by atoms with Gasteiger partial charge in [-0.1, -0.05) is 21.1 Å². The first-order chi connectivity index (χ1) is 7.72. The van der Waals surface area contributed by atoms with Gasteiger partial charge in [-0.15, -0.1) is 0 Å². The fourth-order valence-electron chi connectivity index (χ4n) is 1.96. The number of nitrogens with zero attached hydrogens (tertiary/aromatic N) is 2. The van der Waals surface area contributed by atoms with Crippen LogP contribution in [0.1, 0.15) is 29.0 Å². The van der Waals surface area contributed by atoms with Crippen LogP contribution in [-0.2, 0) is 0 Å². The van der Waals surface area contributed by atoms with Crippen LogP contribution in [0.25, 0.3) is 0 Å². The van der Waals surface area contributed by atoms with Gasteiger partial charge in [-0.05, 0) is 25.7 Å². The lowest BCUT2D eigenvalue weighted by atomic mass is 9.98. The van der Waals surface area contributed by atoms with E-state index in [9.17, 15) is 4.79 Å². The topological polar surface area (TPSA) is 46.3 Å². The van der Waals surface area contributed by atoms with Gasteiger partial charge in [-0.3, -0.25) is 4.79 Å². The maximum Gasteiger partial charge on any atom is 0.259 e. The van der Waals surface area contributed by atoms with Crippen LogP contribution in [0, 0.1) is 12.8 Å². The number of amides is 1. The fraction of sp³-hybridized carbons (Fsp3) is 0.636. The summed E-state index contributed by atoms with van der Waals surface area (Å²) in [4.78, 5) is 14.0. The van der Waals surface area contributed by atoms with E-state index in [0.717, 1.165) is 31.3 Å². The number of aryl methyl sites for hydroxylation is 1. The summed E-state index contributed by atoms with van der Waals surface area (Å²) >= 11 is 3.49. The van der Waals surface area contributed by atoms with Gasteiger partial charge < -0.3 is 9.42 Å². The second-order valence-corrected chi connectivity index (χ2v) is 4.83. The summed E-state index contributed by atoms with van der Waals surface area (Å²) in [5.41, 5.74) is 0.595. The standard InChI is InChI=1S/C11H15BrN2O2/c1-8-10(7-13-16-8)11(15)14-4-2-9(6-12)3-5-14/h7,9H,2-6H2,1H3. The number of aromatic nitrogens is 1. The monoisotopic (exact) mass is 286 g/mol. The molecule has 0 saturated carbocycles. The molecule has 2 rings (SSSR count). The van der Waals surface area contributed by atoms with E-state index in [0.29, 0.717) is 17.2 Å². The van der Waals surface area contributed by atoms with Crippen LogP contribution in [0.5, 0.6) is 0 Å². The SMILES string of the molecule is Cc1oncc1C(=O)N1CCC(CBr)CC1. The van der Waals surface area contributed by atoms with E-state index in [-0.39, 0.29) is 5.91 Å². The van der Waals surface area contributed by atoms with Gasteiger partial charge in [-0.25, -0.2) is 0 Å². The molecule has 1 saturated heterocycles. The lowest BCUT2D eigenvalue weighted by Crippen LogP contribution is -2.38. The minimum Gasteiger partial charge on any atom is -0.361 e. The van der Waals surface area contributed by atoms with Crippen LogP contribution in [0.2, 0.25) is 0 Å². The van der Waals surface area contributed by atoms with E-state index in [2.05, 4.69) is 21.1 Å². The lowest BCUT2D eigenvalue weighted by Gasteiger charge is -2.30. The Bertz CT molecular complexity index is 370. The smallest absolute Gasteiger partial charge is 0.259 e. The zero-order chi connectivity index (χ0) is 11.5. The van der Waals surface area contributed by atoms with Gasteiger partial charge in [0, 0.05) is 18.4 Å². The van der Waals surface area contributed by atoms with E-state index in [1.807, 2.05) is 4.90 Å². The number of piperidine rings is 1. The van der Waals surface area contributed by atoms with Gasteiger partial charge in [-0.2, -0.15) is 0 Å². The molecule has 1 aromatic rings. The first kappa shape index (κ1) is 11.6. The Kier molecular flexibility index (Phi) is 3.63. The minimum atomic E-state index is 0.0479. The molecular formula is C11H15BrN2O2. The number of carbonyl (C=O) groups excluding carboxylic acids is 1. The summed E-state index contributed by atoms with van der Waals surface area (Å²) in [6, 6.07) is 0. The number of hydrogen-bond donors (Lipinski definition) is 0. The second kappa shape index (κ2) is 4.99. The summed E-state index contributed by atoms with van der Waals surface area (Å²) in [5.74, 6) is 1.35. The summed E-state index contributed by atoms with van der Waals surface area (Å²) < 4.78 is 4.91. The van der Waals surface area contributed by atoms with Crippen molar-refractivity contribution in [1.82, 2.24) is 10.1 Å². The molecule has 0 spiro atoms. The average Bonchev–Trinajstić information content (AvgIpc) is 2.75. The molecule has 0 radical (unpaired) electrons. The molecule has 0 aliphatic carbocycles. The second-order valence-electron chi connectivity index (χ2n) is 4.19. The Morgan fingerprint density at radius 2 is 2.31 bits per heavy atom. The summed E-state index contributed by atoms with van der Waals surface area (Å²) in [7, 11) is 0. The van der Waals surface area contributed by atoms with Crippen LogP contribution in [-0.4, -0.2) is 34.4 Å². The molecule has 16 heavy (non-hydrogen) atoms. The normalized spacial score (nSPS) is 17.8. The summed E-state index contributed by atoms with van der Waals surface area (Å²) in [5, 5.41) is 4.67. The highest BCUT2D eigenvalue weighted by molar-refractivity contribution is 9.09. The highest BCUT2D eigenvalue weighted by atomic mass is 79.9. The summed E-state index contributed by atoms with van der Waals surface area (Å²) in [6.45, 7) is 3.44. The number of carbonyl (C=O) groups is 1.